The minimum absolute atomic E-state index is 0.220. The lowest BCUT2D eigenvalue weighted by molar-refractivity contribution is -0.133. The molecule has 7 heteroatoms. The second kappa shape index (κ2) is 11.3. The van der Waals surface area contributed by atoms with E-state index >= 15 is 0 Å². The molecule has 0 unspecified atom stereocenters. The van der Waals surface area contributed by atoms with Gasteiger partial charge in [0.05, 0.1) is 12.3 Å². The summed E-state index contributed by atoms with van der Waals surface area (Å²) in [5, 5.41) is 9.89. The molecule has 1 aliphatic heterocycles. The van der Waals surface area contributed by atoms with Crippen LogP contribution in [0.2, 0.25) is 0 Å². The monoisotopic (exact) mass is 455 g/mol. The molecule has 1 saturated carbocycles. The number of aromatic nitrogens is 3. The number of rotatable bonds is 8. The molecule has 4 rings (SSSR count). The zero-order valence-electron chi connectivity index (χ0n) is 19.6. The smallest absolute Gasteiger partial charge is 0.233 e. The quantitative estimate of drug-likeness (QED) is 0.529. The first-order valence-corrected chi connectivity index (χ1v) is 13.3. The first kappa shape index (κ1) is 23.3. The minimum Gasteiger partial charge on any atom is -0.337 e. The third-order valence-corrected chi connectivity index (χ3v) is 7.58. The summed E-state index contributed by atoms with van der Waals surface area (Å²) in [6.45, 7) is 7.32. The van der Waals surface area contributed by atoms with Gasteiger partial charge in [-0.2, -0.15) is 0 Å². The van der Waals surface area contributed by atoms with Crippen LogP contribution in [-0.2, 0) is 11.3 Å². The van der Waals surface area contributed by atoms with Crippen LogP contribution in [0.5, 0.6) is 0 Å². The molecule has 2 fully saturated rings. The standard InChI is InChI=1S/C25H37N5OS/c1-20(2)29(21-12-6-3-7-13-21)24(31)19-32-25-27-26-23(18-28-16-10-5-11-17-28)30(25)22-14-8-4-9-15-22/h4,8-9,14-15,20-21H,3,5-7,10-13,16-19H2,1-2H3. The molecule has 1 aliphatic carbocycles. The van der Waals surface area contributed by atoms with Crippen molar-refractivity contribution < 1.29 is 4.79 Å². The lowest BCUT2D eigenvalue weighted by Gasteiger charge is -2.37. The van der Waals surface area contributed by atoms with Crippen molar-refractivity contribution in [1.29, 1.82) is 0 Å². The van der Waals surface area contributed by atoms with Crippen LogP contribution in [-0.4, -0.2) is 61.4 Å². The number of nitrogens with zero attached hydrogens (tertiary/aromatic N) is 5. The van der Waals surface area contributed by atoms with E-state index in [1.165, 1.54) is 50.3 Å². The molecule has 1 amide bonds. The fraction of sp³-hybridized carbons (Fsp3) is 0.640. The third kappa shape index (κ3) is 5.73. The number of hydrogen-bond acceptors (Lipinski definition) is 5. The lowest BCUT2D eigenvalue weighted by atomic mass is 9.93. The largest absolute Gasteiger partial charge is 0.337 e. The van der Waals surface area contributed by atoms with Crippen molar-refractivity contribution in [2.75, 3.05) is 18.8 Å². The van der Waals surface area contributed by atoms with Crippen LogP contribution in [0, 0.1) is 0 Å². The van der Waals surface area contributed by atoms with Crippen molar-refractivity contribution in [2.24, 2.45) is 0 Å². The van der Waals surface area contributed by atoms with Gasteiger partial charge in [0.15, 0.2) is 11.0 Å². The SMILES string of the molecule is CC(C)N(C(=O)CSc1nnc(CN2CCCCC2)n1-c1ccccc1)C1CCCCC1. The summed E-state index contributed by atoms with van der Waals surface area (Å²) in [7, 11) is 0. The highest BCUT2D eigenvalue weighted by Gasteiger charge is 2.28. The van der Waals surface area contributed by atoms with E-state index in [0.29, 0.717) is 11.8 Å². The number of carbonyl (C=O) groups is 1. The number of benzene rings is 1. The number of likely N-dealkylation sites (tertiary alicyclic amines) is 1. The molecule has 0 N–H and O–H groups in total. The van der Waals surface area contributed by atoms with Gasteiger partial charge in [0.1, 0.15) is 0 Å². The van der Waals surface area contributed by atoms with Crippen LogP contribution in [0.1, 0.15) is 71.0 Å². The highest BCUT2D eigenvalue weighted by molar-refractivity contribution is 7.99. The van der Waals surface area contributed by atoms with E-state index in [1.54, 1.807) is 0 Å². The molecule has 2 heterocycles. The van der Waals surface area contributed by atoms with Crippen molar-refractivity contribution in [1.82, 2.24) is 24.6 Å². The van der Waals surface area contributed by atoms with Crippen LogP contribution in [0.25, 0.3) is 5.69 Å². The van der Waals surface area contributed by atoms with Gasteiger partial charge >= 0.3 is 0 Å². The Morgan fingerprint density at radius 2 is 1.72 bits per heavy atom. The molecule has 32 heavy (non-hydrogen) atoms. The summed E-state index contributed by atoms with van der Waals surface area (Å²) in [4.78, 5) is 17.9. The van der Waals surface area contributed by atoms with Gasteiger partial charge in [-0.15, -0.1) is 10.2 Å². The van der Waals surface area contributed by atoms with Crippen LogP contribution >= 0.6 is 11.8 Å². The highest BCUT2D eigenvalue weighted by atomic mass is 32.2. The molecule has 1 aromatic heterocycles. The van der Waals surface area contributed by atoms with Gasteiger partial charge in [-0.05, 0) is 64.8 Å². The Morgan fingerprint density at radius 1 is 1.03 bits per heavy atom. The lowest BCUT2D eigenvalue weighted by Crippen LogP contribution is -2.46. The fourth-order valence-corrected chi connectivity index (χ4v) is 5.96. The molecule has 0 atom stereocenters. The summed E-state index contributed by atoms with van der Waals surface area (Å²) in [6.07, 6.45) is 9.85. The molecule has 174 valence electrons. The molecule has 2 aliphatic rings. The normalized spacial score (nSPS) is 18.2. The Labute approximate surface area is 196 Å². The summed E-state index contributed by atoms with van der Waals surface area (Å²) in [6, 6.07) is 10.9. The van der Waals surface area contributed by atoms with Crippen LogP contribution < -0.4 is 0 Å². The zero-order valence-corrected chi connectivity index (χ0v) is 20.4. The Bertz CT molecular complexity index is 856. The Morgan fingerprint density at radius 3 is 2.41 bits per heavy atom. The van der Waals surface area contributed by atoms with E-state index in [9.17, 15) is 4.79 Å². The van der Waals surface area contributed by atoms with E-state index in [-0.39, 0.29) is 11.9 Å². The number of thioether (sulfide) groups is 1. The second-order valence-corrected chi connectivity index (χ2v) is 10.3. The minimum atomic E-state index is 0.220. The van der Waals surface area contributed by atoms with Gasteiger partial charge in [-0.3, -0.25) is 14.3 Å². The van der Waals surface area contributed by atoms with Gasteiger partial charge < -0.3 is 4.90 Å². The maximum Gasteiger partial charge on any atom is 0.233 e. The maximum absolute atomic E-state index is 13.3. The van der Waals surface area contributed by atoms with Crippen molar-refractivity contribution in [3.05, 3.63) is 36.2 Å². The summed E-state index contributed by atoms with van der Waals surface area (Å²) < 4.78 is 2.15. The summed E-state index contributed by atoms with van der Waals surface area (Å²) in [5.41, 5.74) is 1.06. The highest BCUT2D eigenvalue weighted by Crippen LogP contribution is 2.27. The Balaban J connectivity index is 1.50. The van der Waals surface area contributed by atoms with Gasteiger partial charge in [-0.1, -0.05) is 55.6 Å². The number of amides is 1. The molecule has 6 nitrogen and oxygen atoms in total. The van der Waals surface area contributed by atoms with Gasteiger partial charge in [-0.25, -0.2) is 0 Å². The first-order chi connectivity index (χ1) is 15.6. The zero-order chi connectivity index (χ0) is 22.3. The molecule has 1 aromatic carbocycles. The molecule has 0 radical (unpaired) electrons. The number of piperidine rings is 1. The Kier molecular flexibility index (Phi) is 8.25. The first-order valence-electron chi connectivity index (χ1n) is 12.3. The van der Waals surface area contributed by atoms with Crippen LogP contribution in [0.15, 0.2) is 35.5 Å². The fourth-order valence-electron chi connectivity index (χ4n) is 5.12. The predicted molar refractivity (Wildman–Crippen MR) is 130 cm³/mol. The average molecular weight is 456 g/mol. The average Bonchev–Trinajstić information content (AvgIpc) is 3.22. The van der Waals surface area contributed by atoms with Crippen LogP contribution in [0.4, 0.5) is 0 Å². The van der Waals surface area contributed by atoms with E-state index in [4.69, 9.17) is 0 Å². The van der Waals surface area contributed by atoms with E-state index in [0.717, 1.165) is 49.1 Å². The molecule has 0 spiro atoms. The van der Waals surface area contributed by atoms with Gasteiger partial charge in [0, 0.05) is 17.8 Å². The third-order valence-electron chi connectivity index (χ3n) is 6.67. The van der Waals surface area contributed by atoms with Crippen molar-refractivity contribution >= 4 is 17.7 Å². The summed E-state index contributed by atoms with van der Waals surface area (Å²) >= 11 is 1.52. The summed E-state index contributed by atoms with van der Waals surface area (Å²) in [5.74, 6) is 1.58. The predicted octanol–water partition coefficient (Wildman–Crippen LogP) is 4.92. The van der Waals surface area contributed by atoms with E-state index < -0.39 is 0 Å². The number of carbonyl (C=O) groups excluding carboxylic acids is 1. The topological polar surface area (TPSA) is 54.3 Å². The number of para-hydroxylation sites is 1. The van der Waals surface area contributed by atoms with Crippen molar-refractivity contribution in [3.63, 3.8) is 0 Å². The molecule has 2 aromatic rings. The van der Waals surface area contributed by atoms with Gasteiger partial charge in [0.25, 0.3) is 0 Å². The van der Waals surface area contributed by atoms with E-state index in [1.807, 2.05) is 18.2 Å². The Hall–Kier alpha value is -1.86. The molecular weight excluding hydrogens is 418 g/mol. The second-order valence-electron chi connectivity index (χ2n) is 9.38. The van der Waals surface area contributed by atoms with Crippen LogP contribution in [0.3, 0.4) is 0 Å². The molecule has 1 saturated heterocycles. The molecule has 0 bridgehead atoms. The number of hydrogen-bond donors (Lipinski definition) is 0. The maximum atomic E-state index is 13.3. The van der Waals surface area contributed by atoms with Gasteiger partial charge in [0.2, 0.25) is 5.91 Å². The van der Waals surface area contributed by atoms with E-state index in [2.05, 4.69) is 50.5 Å². The van der Waals surface area contributed by atoms with Crippen molar-refractivity contribution in [2.45, 2.75) is 89.0 Å². The molecular formula is C25H37N5OS. The van der Waals surface area contributed by atoms with Crippen molar-refractivity contribution in [3.8, 4) is 5.69 Å².